The third-order valence-electron chi connectivity index (χ3n) is 2.43. The maximum atomic E-state index is 11.6. The standard InChI is InChI=1S/C13H13N3O9/c17-4-14-7-23-11(20)1-10(2-12(21)24-8-15-5-18)3-13(22)25-9-16-6-19/h10H,1-3,7-9H2. The van der Waals surface area contributed by atoms with E-state index >= 15 is 0 Å². The van der Waals surface area contributed by atoms with Crippen LogP contribution in [0.4, 0.5) is 0 Å². The molecule has 12 nitrogen and oxygen atoms in total. The molecule has 0 atom stereocenters. The summed E-state index contributed by atoms with van der Waals surface area (Å²) >= 11 is 0. The lowest BCUT2D eigenvalue weighted by Gasteiger charge is -2.14. The van der Waals surface area contributed by atoms with Gasteiger partial charge in [-0.15, -0.1) is 0 Å². The molecular formula is C13H13N3O9. The highest BCUT2D eigenvalue weighted by Crippen LogP contribution is 2.16. The van der Waals surface area contributed by atoms with Crippen LogP contribution in [0.3, 0.4) is 0 Å². The zero-order chi connectivity index (χ0) is 18.9. The van der Waals surface area contributed by atoms with Crippen molar-refractivity contribution in [3.05, 3.63) is 0 Å². The van der Waals surface area contributed by atoms with Crippen LogP contribution in [0.5, 0.6) is 0 Å². The molecule has 0 N–H and O–H groups in total. The molecule has 0 aliphatic rings. The van der Waals surface area contributed by atoms with E-state index in [2.05, 4.69) is 29.2 Å². The third kappa shape index (κ3) is 12.8. The Labute approximate surface area is 140 Å². The summed E-state index contributed by atoms with van der Waals surface area (Å²) in [5, 5.41) is 0. The van der Waals surface area contributed by atoms with E-state index in [1.807, 2.05) is 0 Å². The molecule has 0 aromatic heterocycles. The van der Waals surface area contributed by atoms with Crippen LogP contribution in [0.25, 0.3) is 0 Å². The normalized spacial score (nSPS) is 10.1. The number of carbonyl (C=O) groups excluding carboxylic acids is 6. The van der Waals surface area contributed by atoms with Crippen LogP contribution in [-0.4, -0.2) is 56.3 Å². The molecule has 0 radical (unpaired) electrons. The highest BCUT2D eigenvalue weighted by molar-refractivity contribution is 5.76. The first-order valence-corrected chi connectivity index (χ1v) is 6.61. The molecule has 0 saturated carbocycles. The number of carbonyl (C=O) groups is 3. The molecule has 134 valence electrons. The maximum absolute atomic E-state index is 11.6. The van der Waals surface area contributed by atoms with Crippen LogP contribution in [0.15, 0.2) is 15.0 Å². The van der Waals surface area contributed by atoms with Crippen LogP contribution in [0.1, 0.15) is 19.3 Å². The summed E-state index contributed by atoms with van der Waals surface area (Å²) in [6.45, 7) is -1.65. The Hall–Kier alpha value is -3.45. The second kappa shape index (κ2) is 14.2. The van der Waals surface area contributed by atoms with Gasteiger partial charge in [-0.2, -0.15) is 15.0 Å². The van der Waals surface area contributed by atoms with E-state index in [1.54, 1.807) is 0 Å². The molecule has 0 bridgehead atoms. The lowest BCUT2D eigenvalue weighted by molar-refractivity contribution is -0.149. The predicted octanol–water partition coefficient (Wildman–Crippen LogP) is -0.718. The average molecular weight is 355 g/mol. The second-order valence-corrected chi connectivity index (χ2v) is 4.16. The molecule has 0 aromatic carbocycles. The largest absolute Gasteiger partial charge is 0.442 e. The van der Waals surface area contributed by atoms with Gasteiger partial charge in [0.1, 0.15) is 0 Å². The van der Waals surface area contributed by atoms with Crippen molar-refractivity contribution in [2.24, 2.45) is 20.9 Å². The van der Waals surface area contributed by atoms with Gasteiger partial charge in [0.25, 0.3) is 0 Å². The number of esters is 3. The van der Waals surface area contributed by atoms with Crippen molar-refractivity contribution >= 4 is 36.1 Å². The Bertz CT molecular complexity index is 529. The Morgan fingerprint density at radius 2 is 0.920 bits per heavy atom. The van der Waals surface area contributed by atoms with Gasteiger partial charge < -0.3 is 14.2 Å². The van der Waals surface area contributed by atoms with Crippen molar-refractivity contribution < 1.29 is 43.0 Å². The minimum absolute atomic E-state index is 0.382. The molecule has 0 heterocycles. The molecule has 0 aromatic rings. The molecular weight excluding hydrogens is 342 g/mol. The molecule has 0 rings (SSSR count). The number of isocyanates is 3. The van der Waals surface area contributed by atoms with Gasteiger partial charge in [-0.3, -0.25) is 14.4 Å². The highest BCUT2D eigenvalue weighted by Gasteiger charge is 2.23. The fourth-order valence-electron chi connectivity index (χ4n) is 1.49. The van der Waals surface area contributed by atoms with Gasteiger partial charge in [0.15, 0.2) is 20.2 Å². The molecule has 0 saturated heterocycles. The summed E-state index contributed by atoms with van der Waals surface area (Å²) < 4.78 is 13.7. The van der Waals surface area contributed by atoms with E-state index in [-0.39, 0.29) is 19.3 Å². The number of ether oxygens (including phenoxy) is 3. The van der Waals surface area contributed by atoms with Crippen molar-refractivity contribution in [2.45, 2.75) is 19.3 Å². The molecule has 0 fully saturated rings. The van der Waals surface area contributed by atoms with Crippen molar-refractivity contribution in [1.82, 2.24) is 0 Å². The number of aliphatic imine (C=N–C) groups is 3. The maximum Gasteiger partial charge on any atom is 0.307 e. The lowest BCUT2D eigenvalue weighted by Crippen LogP contribution is -2.20. The summed E-state index contributed by atoms with van der Waals surface area (Å²) in [6.07, 6.45) is 2.34. The van der Waals surface area contributed by atoms with Crippen molar-refractivity contribution in [3.8, 4) is 0 Å². The Morgan fingerprint density at radius 1 is 0.640 bits per heavy atom. The van der Waals surface area contributed by atoms with E-state index in [0.29, 0.717) is 0 Å². The van der Waals surface area contributed by atoms with E-state index in [9.17, 15) is 28.8 Å². The predicted molar refractivity (Wildman–Crippen MR) is 74.6 cm³/mol. The van der Waals surface area contributed by atoms with Gasteiger partial charge in [0, 0.05) is 19.3 Å². The summed E-state index contributed by atoms with van der Waals surface area (Å²) in [6, 6.07) is 0. The minimum Gasteiger partial charge on any atom is -0.442 e. The zero-order valence-corrected chi connectivity index (χ0v) is 12.8. The van der Waals surface area contributed by atoms with Crippen LogP contribution in [0.2, 0.25) is 0 Å². The molecule has 0 aliphatic heterocycles. The smallest absolute Gasteiger partial charge is 0.307 e. The summed E-state index contributed by atoms with van der Waals surface area (Å²) in [5.41, 5.74) is 0. The summed E-state index contributed by atoms with van der Waals surface area (Å²) in [7, 11) is 0. The molecule has 0 unspecified atom stereocenters. The average Bonchev–Trinajstić information content (AvgIpc) is 2.55. The zero-order valence-electron chi connectivity index (χ0n) is 12.8. The minimum atomic E-state index is -0.867. The number of nitrogens with zero attached hydrogens (tertiary/aromatic N) is 3. The first-order valence-electron chi connectivity index (χ1n) is 6.61. The van der Waals surface area contributed by atoms with Crippen molar-refractivity contribution in [2.75, 3.05) is 20.2 Å². The quantitative estimate of drug-likeness (QED) is 0.190. The summed E-state index contributed by atoms with van der Waals surface area (Å²) in [5.74, 6) is -3.36. The van der Waals surface area contributed by atoms with Gasteiger partial charge in [0.2, 0.25) is 18.2 Å². The fourth-order valence-corrected chi connectivity index (χ4v) is 1.49. The number of rotatable bonds is 12. The van der Waals surface area contributed by atoms with Crippen LogP contribution >= 0.6 is 0 Å². The van der Waals surface area contributed by atoms with E-state index in [4.69, 9.17) is 0 Å². The second-order valence-electron chi connectivity index (χ2n) is 4.16. The number of hydrogen-bond acceptors (Lipinski definition) is 12. The third-order valence-corrected chi connectivity index (χ3v) is 2.43. The molecule has 12 heteroatoms. The van der Waals surface area contributed by atoms with Gasteiger partial charge in [-0.05, 0) is 5.92 Å². The Morgan fingerprint density at radius 3 is 1.16 bits per heavy atom. The number of hydrogen-bond donors (Lipinski definition) is 0. The molecule has 0 spiro atoms. The lowest BCUT2D eigenvalue weighted by atomic mass is 9.97. The molecule has 0 amide bonds. The van der Waals surface area contributed by atoms with Gasteiger partial charge >= 0.3 is 17.9 Å². The van der Waals surface area contributed by atoms with E-state index in [1.165, 1.54) is 0 Å². The van der Waals surface area contributed by atoms with Gasteiger partial charge in [-0.1, -0.05) is 0 Å². The molecule has 0 aliphatic carbocycles. The topological polar surface area (TPSA) is 167 Å². The van der Waals surface area contributed by atoms with Gasteiger partial charge in [-0.25, -0.2) is 14.4 Å². The van der Waals surface area contributed by atoms with Crippen LogP contribution in [0, 0.1) is 5.92 Å². The van der Waals surface area contributed by atoms with Gasteiger partial charge in [0.05, 0.1) is 0 Å². The monoisotopic (exact) mass is 355 g/mol. The van der Waals surface area contributed by atoms with Crippen molar-refractivity contribution in [3.63, 3.8) is 0 Å². The Balaban J connectivity index is 4.66. The molecule has 25 heavy (non-hydrogen) atoms. The summed E-state index contributed by atoms with van der Waals surface area (Å²) in [4.78, 5) is 73.3. The van der Waals surface area contributed by atoms with Crippen LogP contribution < -0.4 is 0 Å². The first kappa shape index (κ1) is 21.5. The van der Waals surface area contributed by atoms with Crippen LogP contribution in [-0.2, 0) is 43.0 Å². The first-order chi connectivity index (χ1) is 12.0. The van der Waals surface area contributed by atoms with E-state index in [0.717, 1.165) is 18.2 Å². The SMILES string of the molecule is O=C=NCOC(=O)CC(CC(=O)OCN=C=O)CC(=O)OCN=C=O. The van der Waals surface area contributed by atoms with E-state index < -0.39 is 44.0 Å². The highest BCUT2D eigenvalue weighted by atomic mass is 16.5. The Kier molecular flexibility index (Phi) is 12.2. The van der Waals surface area contributed by atoms with Crippen molar-refractivity contribution in [1.29, 1.82) is 0 Å². The fraction of sp³-hybridized carbons (Fsp3) is 0.538.